The molecule has 0 radical (unpaired) electrons. The third kappa shape index (κ3) is 4.39. The van der Waals surface area contributed by atoms with E-state index in [-0.39, 0.29) is 5.91 Å². The van der Waals surface area contributed by atoms with Gasteiger partial charge in [-0.1, -0.05) is 72.1 Å². The van der Waals surface area contributed by atoms with E-state index in [1.54, 1.807) is 16.7 Å². The summed E-state index contributed by atoms with van der Waals surface area (Å²) in [5.41, 5.74) is 3.43. The Hall–Kier alpha value is -1.72. The Labute approximate surface area is 145 Å². The molecule has 0 fully saturated rings. The molecular weight excluding hydrogens is 324 g/mol. The molecule has 0 aliphatic carbocycles. The zero-order valence-electron chi connectivity index (χ0n) is 12.9. The minimum absolute atomic E-state index is 0.126. The van der Waals surface area contributed by atoms with E-state index in [4.69, 9.17) is 0 Å². The van der Waals surface area contributed by atoms with Crippen molar-refractivity contribution in [1.29, 1.82) is 0 Å². The Bertz CT molecular complexity index is 716. The maximum absolute atomic E-state index is 12.3. The summed E-state index contributed by atoms with van der Waals surface area (Å²) < 4.78 is 0.977. The molecule has 3 rings (SSSR count). The number of para-hydroxylation sites is 1. The number of nitrogens with zero attached hydrogens (tertiary/aromatic N) is 2. The summed E-state index contributed by atoms with van der Waals surface area (Å²) in [6.45, 7) is 0.642. The number of rotatable bonds is 4. The van der Waals surface area contributed by atoms with Gasteiger partial charge in [0.05, 0.1) is 11.4 Å². The highest BCUT2D eigenvalue weighted by Gasteiger charge is 2.15. The molecule has 0 saturated carbocycles. The van der Waals surface area contributed by atoms with Gasteiger partial charge in [0, 0.05) is 19.3 Å². The van der Waals surface area contributed by atoms with Crippen molar-refractivity contribution in [2.45, 2.75) is 12.3 Å². The van der Waals surface area contributed by atoms with Crippen LogP contribution in [-0.4, -0.2) is 28.0 Å². The lowest BCUT2D eigenvalue weighted by atomic mass is 10.2. The Morgan fingerprint density at radius 3 is 2.74 bits per heavy atom. The normalized spacial score (nSPS) is 13.2. The molecule has 23 heavy (non-hydrogen) atoms. The molecule has 3 nitrogen and oxygen atoms in total. The van der Waals surface area contributed by atoms with Gasteiger partial charge >= 0.3 is 0 Å². The lowest BCUT2D eigenvalue weighted by Gasteiger charge is -2.18. The first-order valence-corrected chi connectivity index (χ1v) is 9.39. The first-order valence-electron chi connectivity index (χ1n) is 7.42. The number of aliphatic imine (C=N–C) groups is 1. The van der Waals surface area contributed by atoms with Crippen LogP contribution in [0, 0.1) is 0 Å². The van der Waals surface area contributed by atoms with Gasteiger partial charge in [0.1, 0.15) is 4.38 Å². The van der Waals surface area contributed by atoms with Crippen LogP contribution in [0.5, 0.6) is 0 Å². The van der Waals surface area contributed by atoms with Crippen LogP contribution in [-0.2, 0) is 17.1 Å². The SMILES string of the molecule is CN(Cc1ccccc1)C(=O)CSC1=Nc2ccccc2CS1. The molecule has 1 aliphatic rings. The van der Waals surface area contributed by atoms with Gasteiger partial charge in [-0.25, -0.2) is 4.99 Å². The van der Waals surface area contributed by atoms with E-state index in [0.717, 1.165) is 21.4 Å². The summed E-state index contributed by atoms with van der Waals surface area (Å²) in [6, 6.07) is 18.2. The third-order valence-electron chi connectivity index (χ3n) is 3.56. The van der Waals surface area contributed by atoms with Crippen LogP contribution in [0.3, 0.4) is 0 Å². The molecular formula is C18H18N2OS2. The van der Waals surface area contributed by atoms with Crippen molar-refractivity contribution in [1.82, 2.24) is 4.90 Å². The first-order chi connectivity index (χ1) is 11.2. The lowest BCUT2D eigenvalue weighted by Crippen LogP contribution is -2.28. The lowest BCUT2D eigenvalue weighted by molar-refractivity contribution is -0.127. The van der Waals surface area contributed by atoms with Crippen LogP contribution >= 0.6 is 23.5 Å². The van der Waals surface area contributed by atoms with Crippen molar-refractivity contribution < 1.29 is 4.79 Å². The molecule has 0 N–H and O–H groups in total. The third-order valence-corrected chi connectivity index (χ3v) is 5.79. The number of thioether (sulfide) groups is 2. The van der Waals surface area contributed by atoms with Crippen LogP contribution in [0.2, 0.25) is 0 Å². The van der Waals surface area contributed by atoms with E-state index < -0.39 is 0 Å². The number of amides is 1. The molecule has 0 spiro atoms. The predicted octanol–water partition coefficient (Wildman–Crippen LogP) is 4.31. The van der Waals surface area contributed by atoms with Crippen molar-refractivity contribution in [3.63, 3.8) is 0 Å². The Morgan fingerprint density at radius 1 is 1.17 bits per heavy atom. The predicted molar refractivity (Wildman–Crippen MR) is 100 cm³/mol. The van der Waals surface area contributed by atoms with E-state index in [1.165, 1.54) is 17.3 Å². The smallest absolute Gasteiger partial charge is 0.233 e. The van der Waals surface area contributed by atoms with Gasteiger partial charge in [-0.3, -0.25) is 4.79 Å². The molecule has 1 heterocycles. The van der Waals surface area contributed by atoms with Gasteiger partial charge < -0.3 is 4.90 Å². The number of hydrogen-bond donors (Lipinski definition) is 0. The second kappa shape index (κ2) is 7.70. The van der Waals surface area contributed by atoms with Gasteiger partial charge in [-0.2, -0.15) is 0 Å². The van der Waals surface area contributed by atoms with Gasteiger partial charge in [0.25, 0.3) is 0 Å². The van der Waals surface area contributed by atoms with E-state index >= 15 is 0 Å². The molecule has 0 atom stereocenters. The van der Waals surface area contributed by atoms with Gasteiger partial charge in [0.2, 0.25) is 5.91 Å². The van der Waals surface area contributed by atoms with E-state index in [2.05, 4.69) is 11.1 Å². The van der Waals surface area contributed by atoms with E-state index in [0.29, 0.717) is 12.3 Å². The molecule has 0 unspecified atom stereocenters. The molecule has 5 heteroatoms. The highest BCUT2D eigenvalue weighted by molar-refractivity contribution is 8.38. The number of hydrogen-bond acceptors (Lipinski definition) is 4. The second-order valence-electron chi connectivity index (χ2n) is 5.32. The first kappa shape index (κ1) is 16.1. The van der Waals surface area contributed by atoms with Gasteiger partial charge in [-0.05, 0) is 17.2 Å². The second-order valence-corrected chi connectivity index (χ2v) is 7.51. The van der Waals surface area contributed by atoms with Crippen LogP contribution in [0.1, 0.15) is 11.1 Å². The fourth-order valence-electron chi connectivity index (χ4n) is 2.27. The summed E-state index contributed by atoms with van der Waals surface area (Å²) in [6.07, 6.45) is 0. The molecule has 0 aromatic heterocycles. The average Bonchev–Trinajstić information content (AvgIpc) is 2.60. The Kier molecular flexibility index (Phi) is 5.41. The number of benzene rings is 2. The summed E-state index contributed by atoms with van der Waals surface area (Å²) in [5, 5.41) is 0. The minimum atomic E-state index is 0.126. The Balaban J connectivity index is 1.54. The fraction of sp³-hybridized carbons (Fsp3) is 0.222. The van der Waals surface area contributed by atoms with Gasteiger partial charge in [-0.15, -0.1) is 0 Å². The molecule has 2 aromatic carbocycles. The van der Waals surface area contributed by atoms with E-state index in [9.17, 15) is 4.79 Å². The summed E-state index contributed by atoms with van der Waals surface area (Å²) >= 11 is 3.24. The fourth-order valence-corrected chi connectivity index (χ4v) is 4.27. The molecule has 1 aliphatic heterocycles. The van der Waals surface area contributed by atoms with Crippen molar-refractivity contribution in [3.05, 3.63) is 65.7 Å². The zero-order chi connectivity index (χ0) is 16.1. The van der Waals surface area contributed by atoms with Crippen molar-refractivity contribution in [2.75, 3.05) is 12.8 Å². The molecule has 2 aromatic rings. The summed E-state index contributed by atoms with van der Waals surface area (Å²) in [7, 11) is 1.85. The summed E-state index contributed by atoms with van der Waals surface area (Å²) in [5.74, 6) is 1.48. The highest BCUT2D eigenvalue weighted by Crippen LogP contribution is 2.34. The molecule has 1 amide bonds. The van der Waals surface area contributed by atoms with Crippen LogP contribution in [0.4, 0.5) is 5.69 Å². The van der Waals surface area contributed by atoms with Crippen LogP contribution in [0.25, 0.3) is 0 Å². The quantitative estimate of drug-likeness (QED) is 0.830. The van der Waals surface area contributed by atoms with Crippen molar-refractivity contribution in [3.8, 4) is 0 Å². The van der Waals surface area contributed by atoms with Gasteiger partial charge in [0.15, 0.2) is 0 Å². The number of fused-ring (bicyclic) bond motifs is 1. The zero-order valence-corrected chi connectivity index (χ0v) is 14.6. The maximum atomic E-state index is 12.3. The monoisotopic (exact) mass is 342 g/mol. The molecule has 0 bridgehead atoms. The molecule has 118 valence electrons. The van der Waals surface area contributed by atoms with Crippen LogP contribution in [0.15, 0.2) is 59.6 Å². The number of carbonyl (C=O) groups is 1. The average molecular weight is 342 g/mol. The Morgan fingerprint density at radius 2 is 1.91 bits per heavy atom. The largest absolute Gasteiger partial charge is 0.341 e. The van der Waals surface area contributed by atoms with Crippen molar-refractivity contribution >= 4 is 39.5 Å². The summed E-state index contributed by atoms with van der Waals surface area (Å²) in [4.78, 5) is 18.7. The van der Waals surface area contributed by atoms with Crippen molar-refractivity contribution in [2.24, 2.45) is 4.99 Å². The molecule has 0 saturated heterocycles. The maximum Gasteiger partial charge on any atom is 0.233 e. The highest BCUT2D eigenvalue weighted by atomic mass is 32.2. The van der Waals surface area contributed by atoms with E-state index in [1.807, 2.05) is 55.6 Å². The number of carbonyl (C=O) groups excluding carboxylic acids is 1. The standard InChI is InChI=1S/C18H18N2OS2/c1-20(11-14-7-3-2-4-8-14)17(21)13-23-18-19-16-10-6-5-9-15(16)12-22-18/h2-10H,11-13H2,1H3. The minimum Gasteiger partial charge on any atom is -0.341 e. The van der Waals surface area contributed by atoms with Crippen LogP contribution < -0.4 is 0 Å². The topological polar surface area (TPSA) is 32.7 Å².